The van der Waals surface area contributed by atoms with Crippen LogP contribution in [0.15, 0.2) is 36.5 Å². The van der Waals surface area contributed by atoms with E-state index < -0.39 is 0 Å². The lowest BCUT2D eigenvalue weighted by Gasteiger charge is -2.23. The van der Waals surface area contributed by atoms with Crippen LogP contribution in [0.25, 0.3) is 10.6 Å². The van der Waals surface area contributed by atoms with Gasteiger partial charge in [0.25, 0.3) is 5.91 Å². The number of rotatable bonds is 9. The molecule has 0 fully saturated rings. The summed E-state index contributed by atoms with van der Waals surface area (Å²) in [5, 5.41) is 7.21. The number of amides is 1. The summed E-state index contributed by atoms with van der Waals surface area (Å²) in [7, 11) is 7.22. The summed E-state index contributed by atoms with van der Waals surface area (Å²) in [4.78, 5) is 25.1. The fraction of sp³-hybridized carbons (Fsp3) is 0.318. The van der Waals surface area contributed by atoms with Crippen molar-refractivity contribution in [3.8, 4) is 16.3 Å². The van der Waals surface area contributed by atoms with E-state index in [9.17, 15) is 4.79 Å². The summed E-state index contributed by atoms with van der Waals surface area (Å²) in [6.45, 7) is 0.642. The zero-order valence-electron chi connectivity index (χ0n) is 18.3. The molecule has 0 unspecified atom stereocenters. The molecular formula is C22H25Cl2N5O2S. The average Bonchev–Trinajstić information content (AvgIpc) is 3.20. The first-order valence-electron chi connectivity index (χ1n) is 9.89. The Morgan fingerprint density at radius 3 is 2.69 bits per heavy atom. The molecule has 1 atom stereocenters. The Labute approximate surface area is 201 Å². The number of benzene rings is 1. The highest BCUT2D eigenvalue weighted by molar-refractivity contribution is 7.17. The van der Waals surface area contributed by atoms with Gasteiger partial charge in [0.15, 0.2) is 0 Å². The molecule has 2 N–H and O–H groups in total. The maximum atomic E-state index is 13.2. The van der Waals surface area contributed by atoms with E-state index in [1.54, 1.807) is 38.6 Å². The van der Waals surface area contributed by atoms with Crippen LogP contribution >= 0.6 is 34.5 Å². The summed E-state index contributed by atoms with van der Waals surface area (Å²) in [6.07, 6.45) is 2.24. The van der Waals surface area contributed by atoms with Crippen LogP contribution in [0.3, 0.4) is 0 Å². The van der Waals surface area contributed by atoms with Gasteiger partial charge in [-0.2, -0.15) is 0 Å². The van der Waals surface area contributed by atoms with Gasteiger partial charge in [-0.05, 0) is 44.3 Å². The number of carbonyl (C=O) groups is 1. The SMILES string of the molecule is CNc1nccc(-c2cc(OC)c(C(=O)N[C@@H](Cc3ccc(Cl)cc3Cl)CN(C)C)s2)n1. The predicted octanol–water partition coefficient (Wildman–Crippen LogP) is 4.46. The Hall–Kier alpha value is -2.39. The number of aromatic nitrogens is 2. The van der Waals surface area contributed by atoms with Crippen LogP contribution in [-0.2, 0) is 6.42 Å². The monoisotopic (exact) mass is 493 g/mol. The Balaban J connectivity index is 1.84. The van der Waals surface area contributed by atoms with Gasteiger partial charge < -0.3 is 20.3 Å². The number of carbonyl (C=O) groups excluding carboxylic acids is 1. The topological polar surface area (TPSA) is 79.4 Å². The second-order valence-corrected chi connectivity index (χ2v) is 9.29. The van der Waals surface area contributed by atoms with Crippen LogP contribution in [0.5, 0.6) is 5.75 Å². The molecule has 10 heteroatoms. The zero-order chi connectivity index (χ0) is 23.3. The Morgan fingerprint density at radius 1 is 1.25 bits per heavy atom. The first-order valence-corrected chi connectivity index (χ1v) is 11.5. The summed E-state index contributed by atoms with van der Waals surface area (Å²) in [6, 6.07) is 8.85. The van der Waals surface area contributed by atoms with Gasteiger partial charge in [0, 0.05) is 41.9 Å². The molecule has 0 radical (unpaired) electrons. The molecule has 32 heavy (non-hydrogen) atoms. The molecule has 1 amide bonds. The normalized spacial score (nSPS) is 12.0. The second-order valence-electron chi connectivity index (χ2n) is 7.40. The molecule has 2 aromatic heterocycles. The van der Waals surface area contributed by atoms with Crippen LogP contribution in [0.2, 0.25) is 10.0 Å². The molecule has 0 spiro atoms. The van der Waals surface area contributed by atoms with Gasteiger partial charge >= 0.3 is 0 Å². The van der Waals surface area contributed by atoms with Gasteiger partial charge in [-0.1, -0.05) is 29.3 Å². The van der Waals surface area contributed by atoms with Crippen molar-refractivity contribution < 1.29 is 9.53 Å². The lowest BCUT2D eigenvalue weighted by atomic mass is 10.1. The third-order valence-electron chi connectivity index (χ3n) is 4.66. The molecule has 0 aliphatic rings. The molecule has 0 saturated heterocycles. The van der Waals surface area contributed by atoms with Crippen LogP contribution in [0, 0.1) is 0 Å². The van der Waals surface area contributed by atoms with Gasteiger partial charge in [0.05, 0.1) is 17.7 Å². The van der Waals surface area contributed by atoms with Gasteiger partial charge in [-0.25, -0.2) is 9.97 Å². The third-order valence-corrected chi connectivity index (χ3v) is 6.38. The maximum Gasteiger partial charge on any atom is 0.265 e. The molecule has 1 aromatic carbocycles. The minimum Gasteiger partial charge on any atom is -0.495 e. The fourth-order valence-electron chi connectivity index (χ4n) is 3.23. The molecule has 0 aliphatic carbocycles. The molecule has 3 aromatic rings. The van der Waals surface area contributed by atoms with Crippen LogP contribution in [0.1, 0.15) is 15.2 Å². The molecule has 3 rings (SSSR count). The van der Waals surface area contributed by atoms with Gasteiger partial charge in [-0.15, -0.1) is 11.3 Å². The Morgan fingerprint density at radius 2 is 2.03 bits per heavy atom. The molecule has 0 saturated carbocycles. The minimum absolute atomic E-state index is 0.165. The van der Waals surface area contributed by atoms with Crippen LogP contribution < -0.4 is 15.4 Å². The lowest BCUT2D eigenvalue weighted by molar-refractivity contribution is 0.0931. The van der Waals surface area contributed by atoms with Crippen molar-refractivity contribution in [2.24, 2.45) is 0 Å². The van der Waals surface area contributed by atoms with E-state index in [1.165, 1.54) is 11.3 Å². The van der Waals surface area contributed by atoms with Crippen molar-refractivity contribution >= 4 is 46.4 Å². The Kier molecular flexibility index (Phi) is 8.31. The van der Waals surface area contributed by atoms with E-state index >= 15 is 0 Å². The van der Waals surface area contributed by atoms with Gasteiger partial charge in [0.1, 0.15) is 10.6 Å². The standard InChI is InChI=1S/C22H25Cl2N5O2S/c1-25-22-26-8-7-17(28-22)19-11-18(31-4)20(32-19)21(30)27-15(12-29(2)3)9-13-5-6-14(23)10-16(13)24/h5-8,10-11,15H,9,12H2,1-4H3,(H,27,30)(H,25,26,28)/t15-/m0/s1. The average molecular weight is 494 g/mol. The quantitative estimate of drug-likeness (QED) is 0.457. The Bertz CT molecular complexity index is 1090. The van der Waals surface area contributed by atoms with Gasteiger partial charge in [-0.3, -0.25) is 4.79 Å². The summed E-state index contributed by atoms with van der Waals surface area (Å²) in [5.74, 6) is 0.796. The number of halogens is 2. The number of nitrogens with zero attached hydrogens (tertiary/aromatic N) is 3. The largest absolute Gasteiger partial charge is 0.495 e. The number of ether oxygens (including phenoxy) is 1. The van der Waals surface area contributed by atoms with E-state index in [1.807, 2.05) is 31.1 Å². The van der Waals surface area contributed by atoms with E-state index in [2.05, 4.69) is 20.6 Å². The van der Waals surface area contributed by atoms with Crippen LogP contribution in [0.4, 0.5) is 5.95 Å². The van der Waals surface area contributed by atoms with E-state index in [0.29, 0.717) is 45.3 Å². The third kappa shape index (κ3) is 6.10. The number of nitrogens with one attached hydrogen (secondary N) is 2. The van der Waals surface area contributed by atoms with Crippen molar-refractivity contribution in [1.82, 2.24) is 20.2 Å². The number of methoxy groups -OCH3 is 1. The van der Waals surface area contributed by atoms with E-state index in [-0.39, 0.29) is 11.9 Å². The summed E-state index contributed by atoms with van der Waals surface area (Å²) in [5.41, 5.74) is 1.63. The first kappa shape index (κ1) is 24.3. The van der Waals surface area contributed by atoms with Crippen molar-refractivity contribution in [1.29, 1.82) is 0 Å². The number of hydrogen-bond donors (Lipinski definition) is 2. The highest BCUT2D eigenvalue weighted by Gasteiger charge is 2.23. The van der Waals surface area contributed by atoms with Crippen molar-refractivity contribution in [2.45, 2.75) is 12.5 Å². The van der Waals surface area contributed by atoms with E-state index in [0.717, 1.165) is 10.4 Å². The predicted molar refractivity (Wildman–Crippen MR) is 131 cm³/mol. The number of anilines is 1. The molecule has 170 valence electrons. The number of likely N-dealkylation sites (N-methyl/N-ethyl adjacent to an activating group) is 1. The zero-order valence-corrected chi connectivity index (χ0v) is 20.6. The number of thiophene rings is 1. The molecule has 2 heterocycles. The summed E-state index contributed by atoms with van der Waals surface area (Å²) < 4.78 is 5.48. The fourth-order valence-corrected chi connectivity index (χ4v) is 4.72. The molecule has 7 nitrogen and oxygen atoms in total. The first-order chi connectivity index (χ1) is 15.3. The van der Waals surface area contributed by atoms with Crippen molar-refractivity contribution in [3.05, 3.63) is 57.0 Å². The van der Waals surface area contributed by atoms with Gasteiger partial charge in [0.2, 0.25) is 5.95 Å². The van der Waals surface area contributed by atoms with Crippen molar-refractivity contribution in [2.75, 3.05) is 40.1 Å². The molecule has 0 bridgehead atoms. The van der Waals surface area contributed by atoms with E-state index in [4.69, 9.17) is 27.9 Å². The number of hydrogen-bond acceptors (Lipinski definition) is 7. The highest BCUT2D eigenvalue weighted by Crippen LogP contribution is 2.35. The highest BCUT2D eigenvalue weighted by atomic mass is 35.5. The van der Waals surface area contributed by atoms with Crippen LogP contribution in [-0.4, -0.2) is 61.6 Å². The summed E-state index contributed by atoms with van der Waals surface area (Å²) >= 11 is 13.7. The molecule has 0 aliphatic heterocycles. The maximum absolute atomic E-state index is 13.2. The molecular weight excluding hydrogens is 469 g/mol. The minimum atomic E-state index is -0.210. The smallest absolute Gasteiger partial charge is 0.265 e. The lowest BCUT2D eigenvalue weighted by Crippen LogP contribution is -2.43. The van der Waals surface area contributed by atoms with Crippen molar-refractivity contribution in [3.63, 3.8) is 0 Å². The second kappa shape index (κ2) is 11.0.